The first-order chi connectivity index (χ1) is 10.6. The van der Waals surface area contributed by atoms with Gasteiger partial charge < -0.3 is 14.6 Å². The van der Waals surface area contributed by atoms with Crippen molar-refractivity contribution in [1.82, 2.24) is 15.1 Å². The van der Waals surface area contributed by atoms with Gasteiger partial charge in [0, 0.05) is 6.07 Å². The average Bonchev–Trinajstić information content (AvgIpc) is 3.04. The minimum absolute atomic E-state index is 0.253. The first-order valence-electron chi connectivity index (χ1n) is 6.71. The highest BCUT2D eigenvalue weighted by Crippen LogP contribution is 2.34. The van der Waals surface area contributed by atoms with Crippen molar-refractivity contribution in [3.05, 3.63) is 28.6 Å². The molecule has 3 rings (SSSR count). The number of nitrogens with one attached hydrogen (secondary N) is 1. The zero-order chi connectivity index (χ0) is 15.7. The van der Waals surface area contributed by atoms with E-state index in [1.807, 2.05) is 13.8 Å². The smallest absolute Gasteiger partial charge is 0.267 e. The van der Waals surface area contributed by atoms with Crippen molar-refractivity contribution >= 4 is 33.3 Å². The Hall–Kier alpha value is -2.48. The van der Waals surface area contributed by atoms with Crippen molar-refractivity contribution in [2.24, 2.45) is 0 Å². The van der Waals surface area contributed by atoms with Gasteiger partial charge in [-0.15, -0.1) is 11.3 Å². The summed E-state index contributed by atoms with van der Waals surface area (Å²) in [5, 5.41) is 7.24. The molecular formula is C14H14N4O3S. The van der Waals surface area contributed by atoms with E-state index in [4.69, 9.17) is 9.26 Å². The molecule has 7 nitrogen and oxygen atoms in total. The molecular weight excluding hydrogens is 304 g/mol. The highest BCUT2D eigenvalue weighted by atomic mass is 32.1. The minimum atomic E-state index is -0.253. The van der Waals surface area contributed by atoms with Crippen molar-refractivity contribution in [2.45, 2.75) is 20.8 Å². The van der Waals surface area contributed by atoms with Gasteiger partial charge in [-0.05, 0) is 26.3 Å². The van der Waals surface area contributed by atoms with Crippen molar-refractivity contribution < 1.29 is 14.1 Å². The Morgan fingerprint density at radius 2 is 2.23 bits per heavy atom. The third-order valence-electron chi connectivity index (χ3n) is 3.05. The second-order valence-electron chi connectivity index (χ2n) is 4.63. The number of carbonyl (C=O) groups excluding carboxylic acids is 1. The van der Waals surface area contributed by atoms with Crippen LogP contribution in [0.1, 0.15) is 27.9 Å². The van der Waals surface area contributed by atoms with Gasteiger partial charge in [0.05, 0.1) is 16.9 Å². The average molecular weight is 318 g/mol. The summed E-state index contributed by atoms with van der Waals surface area (Å²) in [6, 6.07) is 1.66. The standard InChI is InChI=1S/C14H14N4O3S/c1-4-20-13-10-8(3)11(22-14(10)16-6-15-13)12(19)17-9-5-7(2)21-18-9/h5-6H,4H2,1-3H3,(H,17,18,19). The summed E-state index contributed by atoms with van der Waals surface area (Å²) in [5.74, 6) is 1.26. The molecule has 3 heterocycles. The molecule has 0 atom stereocenters. The van der Waals surface area contributed by atoms with Gasteiger partial charge >= 0.3 is 0 Å². The summed E-state index contributed by atoms with van der Waals surface area (Å²) >= 11 is 1.30. The second kappa shape index (κ2) is 5.72. The van der Waals surface area contributed by atoms with Crippen molar-refractivity contribution in [3.8, 4) is 5.88 Å². The van der Waals surface area contributed by atoms with Gasteiger partial charge in [-0.3, -0.25) is 4.79 Å². The molecule has 0 aliphatic heterocycles. The van der Waals surface area contributed by atoms with E-state index in [1.165, 1.54) is 17.7 Å². The van der Waals surface area contributed by atoms with E-state index < -0.39 is 0 Å². The van der Waals surface area contributed by atoms with E-state index >= 15 is 0 Å². The number of nitrogens with zero attached hydrogens (tertiary/aromatic N) is 3. The Balaban J connectivity index is 1.98. The van der Waals surface area contributed by atoms with Crippen LogP contribution in [0.3, 0.4) is 0 Å². The first kappa shape index (κ1) is 14.5. The number of rotatable bonds is 4. The largest absolute Gasteiger partial charge is 0.477 e. The number of fused-ring (bicyclic) bond motifs is 1. The highest BCUT2D eigenvalue weighted by molar-refractivity contribution is 7.20. The molecule has 1 amide bonds. The number of thiophene rings is 1. The van der Waals surface area contributed by atoms with Crippen LogP contribution in [-0.2, 0) is 0 Å². The number of anilines is 1. The van der Waals surface area contributed by atoms with Gasteiger partial charge in [0.25, 0.3) is 5.91 Å². The maximum Gasteiger partial charge on any atom is 0.267 e. The fraction of sp³-hybridized carbons (Fsp3) is 0.286. The predicted molar refractivity (Wildman–Crippen MR) is 82.5 cm³/mol. The molecule has 0 spiro atoms. The molecule has 0 aromatic carbocycles. The molecule has 0 aliphatic carbocycles. The summed E-state index contributed by atoms with van der Waals surface area (Å²) in [7, 11) is 0. The summed E-state index contributed by atoms with van der Waals surface area (Å²) in [6.07, 6.45) is 1.44. The Morgan fingerprint density at radius 1 is 1.41 bits per heavy atom. The third-order valence-corrected chi connectivity index (χ3v) is 4.25. The van der Waals surface area contributed by atoms with Crippen LogP contribution in [0.5, 0.6) is 5.88 Å². The van der Waals surface area contributed by atoms with Crippen LogP contribution in [0.15, 0.2) is 16.9 Å². The normalized spacial score (nSPS) is 10.9. The number of carbonyl (C=O) groups is 1. The third kappa shape index (κ3) is 2.52. The lowest BCUT2D eigenvalue weighted by Gasteiger charge is -2.03. The zero-order valence-corrected chi connectivity index (χ0v) is 13.2. The van der Waals surface area contributed by atoms with Crippen LogP contribution in [0.4, 0.5) is 5.82 Å². The van der Waals surface area contributed by atoms with Gasteiger partial charge in [0.1, 0.15) is 16.9 Å². The molecule has 8 heteroatoms. The fourth-order valence-electron chi connectivity index (χ4n) is 2.10. The Kier molecular flexibility index (Phi) is 3.76. The van der Waals surface area contributed by atoms with E-state index in [0.717, 1.165) is 15.8 Å². The molecule has 0 saturated carbocycles. The van der Waals surface area contributed by atoms with Gasteiger partial charge in [0.2, 0.25) is 5.88 Å². The van der Waals surface area contributed by atoms with Crippen LogP contribution in [-0.4, -0.2) is 27.6 Å². The molecule has 0 saturated heterocycles. The zero-order valence-electron chi connectivity index (χ0n) is 12.3. The highest BCUT2D eigenvalue weighted by Gasteiger charge is 2.20. The number of hydrogen-bond acceptors (Lipinski definition) is 7. The van der Waals surface area contributed by atoms with E-state index in [1.54, 1.807) is 13.0 Å². The van der Waals surface area contributed by atoms with Gasteiger partial charge in [-0.2, -0.15) is 0 Å². The number of hydrogen-bond donors (Lipinski definition) is 1. The van der Waals surface area contributed by atoms with Crippen LogP contribution in [0.2, 0.25) is 0 Å². The van der Waals surface area contributed by atoms with Crippen LogP contribution in [0, 0.1) is 13.8 Å². The van der Waals surface area contributed by atoms with Crippen LogP contribution in [0.25, 0.3) is 10.2 Å². The topological polar surface area (TPSA) is 90.1 Å². The number of aryl methyl sites for hydroxylation is 2. The van der Waals surface area contributed by atoms with Gasteiger partial charge in [-0.25, -0.2) is 9.97 Å². The Bertz CT molecular complexity index is 840. The molecule has 0 bridgehead atoms. The molecule has 0 aliphatic rings. The second-order valence-corrected chi connectivity index (χ2v) is 5.62. The quantitative estimate of drug-likeness (QED) is 0.795. The molecule has 0 radical (unpaired) electrons. The molecule has 22 heavy (non-hydrogen) atoms. The summed E-state index contributed by atoms with van der Waals surface area (Å²) in [6.45, 7) is 6.00. The Morgan fingerprint density at radius 3 is 2.91 bits per heavy atom. The van der Waals surface area contributed by atoms with Crippen LogP contribution < -0.4 is 10.1 Å². The van der Waals surface area contributed by atoms with Crippen molar-refractivity contribution in [2.75, 3.05) is 11.9 Å². The lowest BCUT2D eigenvalue weighted by Crippen LogP contribution is -2.11. The van der Waals surface area contributed by atoms with Crippen molar-refractivity contribution in [1.29, 1.82) is 0 Å². The molecule has 0 unspecified atom stereocenters. The fourth-order valence-corrected chi connectivity index (χ4v) is 3.13. The van der Waals surface area contributed by atoms with Gasteiger partial charge in [-0.1, -0.05) is 5.16 Å². The Labute approximate surface area is 130 Å². The number of amides is 1. The number of ether oxygens (including phenoxy) is 1. The maximum atomic E-state index is 12.4. The van der Waals surface area contributed by atoms with E-state index in [-0.39, 0.29) is 5.91 Å². The van der Waals surface area contributed by atoms with Crippen LogP contribution >= 0.6 is 11.3 Å². The molecule has 1 N–H and O–H groups in total. The van der Waals surface area contributed by atoms with E-state index in [9.17, 15) is 4.79 Å². The monoisotopic (exact) mass is 318 g/mol. The summed E-state index contributed by atoms with van der Waals surface area (Å²) in [5.41, 5.74) is 0.793. The minimum Gasteiger partial charge on any atom is -0.477 e. The molecule has 3 aromatic heterocycles. The number of aromatic nitrogens is 3. The molecule has 3 aromatic rings. The SMILES string of the molecule is CCOc1ncnc2sc(C(=O)Nc3cc(C)on3)c(C)c12. The van der Waals surface area contributed by atoms with E-state index in [2.05, 4.69) is 20.4 Å². The predicted octanol–water partition coefficient (Wildman–Crippen LogP) is 2.95. The first-order valence-corrected chi connectivity index (χ1v) is 7.53. The summed E-state index contributed by atoms with van der Waals surface area (Å²) in [4.78, 5) is 22.0. The lowest BCUT2D eigenvalue weighted by molar-refractivity contribution is 0.102. The van der Waals surface area contributed by atoms with E-state index in [0.29, 0.717) is 28.9 Å². The maximum absolute atomic E-state index is 12.4. The van der Waals surface area contributed by atoms with Crippen molar-refractivity contribution in [3.63, 3.8) is 0 Å². The van der Waals surface area contributed by atoms with Gasteiger partial charge in [0.15, 0.2) is 5.82 Å². The summed E-state index contributed by atoms with van der Waals surface area (Å²) < 4.78 is 10.4. The lowest BCUT2D eigenvalue weighted by atomic mass is 10.2. The molecule has 0 fully saturated rings. The molecule has 114 valence electrons.